The van der Waals surface area contributed by atoms with Crippen molar-refractivity contribution in [1.29, 1.82) is 0 Å². The molecule has 0 atom stereocenters. The highest BCUT2D eigenvalue weighted by Gasteiger charge is 2.31. The Morgan fingerprint density at radius 3 is 2.82 bits per heavy atom. The summed E-state index contributed by atoms with van der Waals surface area (Å²) in [7, 11) is 0. The summed E-state index contributed by atoms with van der Waals surface area (Å²) in [5.74, 6) is 1.15. The first-order chi connectivity index (χ1) is 13.7. The van der Waals surface area contributed by atoms with Crippen molar-refractivity contribution in [2.45, 2.75) is 63.5 Å². The van der Waals surface area contributed by atoms with Gasteiger partial charge in [0.15, 0.2) is 10.8 Å². The van der Waals surface area contributed by atoms with Crippen molar-refractivity contribution in [3.8, 4) is 0 Å². The lowest BCUT2D eigenvalue weighted by molar-refractivity contribution is 0.0725. The Hall–Kier alpha value is -2.42. The summed E-state index contributed by atoms with van der Waals surface area (Å²) in [4.78, 5) is 32.2. The number of nitrogens with zero attached hydrogens (tertiary/aromatic N) is 3. The minimum absolute atomic E-state index is 0.108. The Balaban J connectivity index is 1.21. The summed E-state index contributed by atoms with van der Waals surface area (Å²) in [6, 6.07) is 1.86. The van der Waals surface area contributed by atoms with Gasteiger partial charge in [-0.2, -0.15) is 0 Å². The number of fused-ring (bicyclic) bond motifs is 1. The molecule has 0 radical (unpaired) electrons. The molecule has 0 bridgehead atoms. The van der Waals surface area contributed by atoms with E-state index in [-0.39, 0.29) is 18.0 Å². The first-order valence-electron chi connectivity index (χ1n) is 9.97. The lowest BCUT2D eigenvalue weighted by Crippen LogP contribution is -2.36. The summed E-state index contributed by atoms with van der Waals surface area (Å²) in [6.45, 7) is 1.08. The van der Waals surface area contributed by atoms with Crippen LogP contribution in [0.1, 0.15) is 71.3 Å². The smallest absolute Gasteiger partial charge is 0.321 e. The molecular formula is C19H23N5O3S. The molecule has 148 valence electrons. The topological polar surface area (TPSA) is 100 Å². The number of amides is 3. The second kappa shape index (κ2) is 7.20. The Kier molecular flexibility index (Phi) is 4.54. The highest BCUT2D eigenvalue weighted by Crippen LogP contribution is 2.40. The summed E-state index contributed by atoms with van der Waals surface area (Å²) in [6.07, 6.45) is 7.34. The van der Waals surface area contributed by atoms with Crippen LogP contribution in [0, 0.1) is 0 Å². The molecule has 1 aliphatic heterocycles. The molecule has 2 saturated carbocycles. The molecule has 28 heavy (non-hydrogen) atoms. The SMILES string of the molecule is O=C(Nc1nc2c(s1)CN(C(=O)c1cc(C3CC3)on1)CC2)NC1CCCC1. The van der Waals surface area contributed by atoms with E-state index in [4.69, 9.17) is 4.52 Å². The number of nitrogens with one attached hydrogen (secondary N) is 2. The molecular weight excluding hydrogens is 378 g/mol. The molecule has 8 nitrogen and oxygen atoms in total. The van der Waals surface area contributed by atoms with Crippen molar-refractivity contribution in [3.05, 3.63) is 28.1 Å². The van der Waals surface area contributed by atoms with Crippen LogP contribution in [0.4, 0.5) is 9.93 Å². The number of hydrogen-bond acceptors (Lipinski definition) is 6. The van der Waals surface area contributed by atoms with Gasteiger partial charge in [-0.3, -0.25) is 10.1 Å². The van der Waals surface area contributed by atoms with Crippen LogP contribution in [-0.4, -0.2) is 39.6 Å². The molecule has 0 unspecified atom stereocenters. The minimum Gasteiger partial charge on any atom is -0.360 e. The number of thiazole rings is 1. The van der Waals surface area contributed by atoms with E-state index >= 15 is 0 Å². The summed E-state index contributed by atoms with van der Waals surface area (Å²) in [5, 5.41) is 10.4. The maximum atomic E-state index is 12.8. The van der Waals surface area contributed by atoms with Crippen LogP contribution in [-0.2, 0) is 13.0 Å². The predicted octanol–water partition coefficient (Wildman–Crippen LogP) is 3.27. The highest BCUT2D eigenvalue weighted by molar-refractivity contribution is 7.15. The molecule has 3 amide bonds. The number of hydrogen-bond donors (Lipinski definition) is 2. The van der Waals surface area contributed by atoms with E-state index in [2.05, 4.69) is 20.8 Å². The number of carbonyl (C=O) groups is 2. The van der Waals surface area contributed by atoms with Crippen LogP contribution >= 0.6 is 11.3 Å². The summed E-state index contributed by atoms with van der Waals surface area (Å²) < 4.78 is 5.31. The van der Waals surface area contributed by atoms with Gasteiger partial charge in [0.2, 0.25) is 0 Å². The molecule has 2 aliphatic carbocycles. The van der Waals surface area contributed by atoms with Crippen molar-refractivity contribution >= 4 is 28.4 Å². The normalized spacial score (nSPS) is 19.5. The van der Waals surface area contributed by atoms with Crippen LogP contribution < -0.4 is 10.6 Å². The van der Waals surface area contributed by atoms with Crippen LogP contribution in [0.3, 0.4) is 0 Å². The Labute approximate surface area is 166 Å². The van der Waals surface area contributed by atoms with Crippen molar-refractivity contribution in [2.75, 3.05) is 11.9 Å². The van der Waals surface area contributed by atoms with Gasteiger partial charge in [0.05, 0.1) is 12.2 Å². The van der Waals surface area contributed by atoms with E-state index in [1.165, 1.54) is 24.2 Å². The van der Waals surface area contributed by atoms with Crippen molar-refractivity contribution in [2.24, 2.45) is 0 Å². The average molecular weight is 401 g/mol. The van der Waals surface area contributed by atoms with E-state index < -0.39 is 0 Å². The monoisotopic (exact) mass is 401 g/mol. The first kappa shape index (κ1) is 17.7. The van der Waals surface area contributed by atoms with E-state index in [0.29, 0.717) is 36.3 Å². The quantitative estimate of drug-likeness (QED) is 0.819. The maximum absolute atomic E-state index is 12.8. The summed E-state index contributed by atoms with van der Waals surface area (Å²) in [5.41, 5.74) is 1.34. The fraction of sp³-hybridized carbons (Fsp3) is 0.579. The zero-order chi connectivity index (χ0) is 19.1. The Bertz CT molecular complexity index is 897. The van der Waals surface area contributed by atoms with E-state index in [1.54, 1.807) is 11.0 Å². The molecule has 2 aromatic rings. The predicted molar refractivity (Wildman–Crippen MR) is 103 cm³/mol. The van der Waals surface area contributed by atoms with Crippen LogP contribution in [0.5, 0.6) is 0 Å². The third-order valence-electron chi connectivity index (χ3n) is 5.66. The van der Waals surface area contributed by atoms with Gasteiger partial charge < -0.3 is 14.7 Å². The second-order valence-corrected chi connectivity index (χ2v) is 8.92. The minimum atomic E-state index is -0.193. The van der Waals surface area contributed by atoms with Crippen LogP contribution in [0.2, 0.25) is 0 Å². The lowest BCUT2D eigenvalue weighted by Gasteiger charge is -2.25. The lowest BCUT2D eigenvalue weighted by atomic mass is 10.1. The fourth-order valence-electron chi connectivity index (χ4n) is 3.92. The van der Waals surface area contributed by atoms with Gasteiger partial charge in [-0.15, -0.1) is 0 Å². The number of carbonyl (C=O) groups excluding carboxylic acids is 2. The van der Waals surface area contributed by atoms with Crippen molar-refractivity contribution < 1.29 is 14.1 Å². The van der Waals surface area contributed by atoms with Gasteiger partial charge in [-0.25, -0.2) is 9.78 Å². The molecule has 0 spiro atoms. The van der Waals surface area contributed by atoms with E-state index in [1.807, 2.05) is 0 Å². The molecule has 2 fully saturated rings. The van der Waals surface area contributed by atoms with Crippen LogP contribution in [0.25, 0.3) is 0 Å². The maximum Gasteiger partial charge on any atom is 0.321 e. The van der Waals surface area contributed by atoms with Gasteiger partial charge in [-0.05, 0) is 25.7 Å². The highest BCUT2D eigenvalue weighted by atomic mass is 32.1. The number of rotatable bonds is 4. The Morgan fingerprint density at radius 2 is 2.04 bits per heavy atom. The molecule has 0 aromatic carbocycles. The average Bonchev–Trinajstić information content (AvgIpc) is 3.09. The zero-order valence-electron chi connectivity index (χ0n) is 15.6. The number of anilines is 1. The Morgan fingerprint density at radius 1 is 1.21 bits per heavy atom. The first-order valence-corrected chi connectivity index (χ1v) is 10.8. The third-order valence-corrected chi connectivity index (χ3v) is 6.65. The number of urea groups is 1. The standard InChI is InChI=1S/C19H23N5O3S/c25-17(14-9-15(27-23-14)11-5-6-11)24-8-7-13-16(10-24)28-19(21-13)22-18(26)20-12-3-1-2-4-12/h9,11-12H,1-8,10H2,(H2,20,21,22,26). The molecule has 3 aliphatic rings. The van der Waals surface area contributed by atoms with Crippen molar-refractivity contribution in [1.82, 2.24) is 20.4 Å². The molecule has 2 N–H and O–H groups in total. The third kappa shape index (κ3) is 3.63. The van der Waals surface area contributed by atoms with E-state index in [0.717, 1.165) is 42.0 Å². The van der Waals surface area contributed by atoms with Crippen LogP contribution in [0.15, 0.2) is 10.6 Å². The summed E-state index contributed by atoms with van der Waals surface area (Å²) >= 11 is 1.44. The second-order valence-electron chi connectivity index (χ2n) is 7.83. The van der Waals surface area contributed by atoms with Gasteiger partial charge in [0.1, 0.15) is 5.76 Å². The number of aromatic nitrogens is 2. The molecule has 3 heterocycles. The zero-order valence-corrected chi connectivity index (χ0v) is 16.4. The largest absolute Gasteiger partial charge is 0.360 e. The van der Waals surface area contributed by atoms with Gasteiger partial charge >= 0.3 is 6.03 Å². The van der Waals surface area contributed by atoms with E-state index in [9.17, 15) is 9.59 Å². The molecule has 2 aromatic heterocycles. The fourth-order valence-corrected chi connectivity index (χ4v) is 4.94. The van der Waals surface area contributed by atoms with Gasteiger partial charge in [-0.1, -0.05) is 29.3 Å². The van der Waals surface area contributed by atoms with Crippen molar-refractivity contribution in [3.63, 3.8) is 0 Å². The molecule has 5 rings (SSSR count). The molecule has 9 heteroatoms. The molecule has 0 saturated heterocycles. The van der Waals surface area contributed by atoms with Gasteiger partial charge in [0.25, 0.3) is 5.91 Å². The van der Waals surface area contributed by atoms with Gasteiger partial charge in [0, 0.05) is 35.9 Å².